The Hall–Kier alpha value is -1.66. The van der Waals surface area contributed by atoms with E-state index in [9.17, 15) is 5.11 Å². The lowest BCUT2D eigenvalue weighted by Gasteiger charge is -2.37. The number of anilines is 1. The Morgan fingerprint density at radius 1 is 1.32 bits per heavy atom. The summed E-state index contributed by atoms with van der Waals surface area (Å²) in [6.07, 6.45) is 2.74. The molecular formula is C16H24N4O2. The summed E-state index contributed by atoms with van der Waals surface area (Å²) in [6, 6.07) is 0. The van der Waals surface area contributed by atoms with Crippen molar-refractivity contribution in [2.45, 2.75) is 58.8 Å². The summed E-state index contributed by atoms with van der Waals surface area (Å²) in [5.74, 6) is 1.24. The number of hydrogen-bond acceptors (Lipinski definition) is 5. The van der Waals surface area contributed by atoms with Crippen molar-refractivity contribution in [3.8, 4) is 0 Å². The van der Waals surface area contributed by atoms with Crippen LogP contribution in [0.3, 0.4) is 0 Å². The van der Waals surface area contributed by atoms with Gasteiger partial charge < -0.3 is 20.1 Å². The van der Waals surface area contributed by atoms with E-state index in [4.69, 9.17) is 10.5 Å². The molecule has 2 aromatic heterocycles. The van der Waals surface area contributed by atoms with Crippen molar-refractivity contribution < 1.29 is 9.84 Å². The van der Waals surface area contributed by atoms with Crippen molar-refractivity contribution >= 4 is 16.9 Å². The Morgan fingerprint density at radius 2 is 2.05 bits per heavy atom. The molecule has 1 aliphatic rings. The van der Waals surface area contributed by atoms with Crippen LogP contribution >= 0.6 is 0 Å². The van der Waals surface area contributed by atoms with Gasteiger partial charge in [0.1, 0.15) is 17.9 Å². The quantitative estimate of drug-likeness (QED) is 0.883. The Bertz CT molecular complexity index is 704. The van der Waals surface area contributed by atoms with Crippen LogP contribution in [0, 0.1) is 13.8 Å². The number of pyridine rings is 1. The molecule has 2 aromatic rings. The number of ether oxygens (including phenoxy) is 1. The summed E-state index contributed by atoms with van der Waals surface area (Å²) in [6.45, 7) is 7.51. The normalized spacial score (nSPS) is 16.9. The number of nitrogens with zero attached hydrogens (tertiary/aromatic N) is 3. The van der Waals surface area contributed by atoms with E-state index in [2.05, 4.69) is 14.5 Å². The highest BCUT2D eigenvalue weighted by Crippen LogP contribution is 2.36. The van der Waals surface area contributed by atoms with Crippen molar-refractivity contribution in [3.05, 3.63) is 17.1 Å². The molecular weight excluding hydrogens is 280 g/mol. The van der Waals surface area contributed by atoms with Crippen LogP contribution in [0.5, 0.6) is 0 Å². The lowest BCUT2D eigenvalue weighted by Crippen LogP contribution is -2.41. The van der Waals surface area contributed by atoms with Crippen LogP contribution in [0.25, 0.3) is 11.0 Å². The van der Waals surface area contributed by atoms with Crippen LogP contribution in [-0.2, 0) is 17.9 Å². The molecule has 3 N–H and O–H groups in total. The first kappa shape index (κ1) is 15.2. The smallest absolute Gasteiger partial charge is 0.151 e. The molecule has 1 saturated carbocycles. The number of hydrogen-bond donors (Lipinski definition) is 2. The van der Waals surface area contributed by atoms with Crippen molar-refractivity contribution in [1.82, 2.24) is 14.5 Å². The maximum atomic E-state index is 10.6. The fourth-order valence-electron chi connectivity index (χ4n) is 3.06. The van der Waals surface area contributed by atoms with Gasteiger partial charge in [0.25, 0.3) is 0 Å². The highest BCUT2D eigenvalue weighted by atomic mass is 16.5. The summed E-state index contributed by atoms with van der Waals surface area (Å²) < 4.78 is 7.61. The van der Waals surface area contributed by atoms with E-state index in [-0.39, 0.29) is 0 Å². The van der Waals surface area contributed by atoms with Gasteiger partial charge in [-0.25, -0.2) is 9.97 Å². The maximum Gasteiger partial charge on any atom is 0.151 e. The van der Waals surface area contributed by atoms with Crippen molar-refractivity contribution in [2.24, 2.45) is 0 Å². The van der Waals surface area contributed by atoms with E-state index in [1.54, 1.807) is 0 Å². The molecule has 0 bridgehead atoms. The van der Waals surface area contributed by atoms with Crippen LogP contribution in [-0.4, -0.2) is 31.8 Å². The van der Waals surface area contributed by atoms with Gasteiger partial charge in [0.15, 0.2) is 5.82 Å². The van der Waals surface area contributed by atoms with Crippen molar-refractivity contribution in [2.75, 3.05) is 12.3 Å². The number of imidazole rings is 1. The zero-order chi connectivity index (χ0) is 15.9. The third-order valence-corrected chi connectivity index (χ3v) is 4.65. The number of aliphatic hydroxyl groups is 1. The van der Waals surface area contributed by atoms with Crippen LogP contribution in [0.1, 0.15) is 43.3 Å². The van der Waals surface area contributed by atoms with E-state index >= 15 is 0 Å². The van der Waals surface area contributed by atoms with Crippen LogP contribution < -0.4 is 5.73 Å². The van der Waals surface area contributed by atoms with E-state index in [0.717, 1.165) is 41.9 Å². The molecule has 0 aromatic carbocycles. The molecule has 2 heterocycles. The van der Waals surface area contributed by atoms with Crippen molar-refractivity contribution in [1.29, 1.82) is 0 Å². The molecule has 0 atom stereocenters. The molecule has 1 aliphatic carbocycles. The van der Waals surface area contributed by atoms with E-state index < -0.39 is 5.60 Å². The second-order valence-electron chi connectivity index (χ2n) is 6.23. The highest BCUT2D eigenvalue weighted by Gasteiger charge is 2.36. The molecule has 6 heteroatoms. The minimum atomic E-state index is -0.632. The number of aryl methyl sites for hydroxylation is 2. The third-order valence-electron chi connectivity index (χ3n) is 4.65. The maximum absolute atomic E-state index is 10.6. The zero-order valence-electron chi connectivity index (χ0n) is 13.5. The lowest BCUT2D eigenvalue weighted by atomic mass is 9.80. The molecule has 0 saturated heterocycles. The van der Waals surface area contributed by atoms with E-state index in [0.29, 0.717) is 31.1 Å². The summed E-state index contributed by atoms with van der Waals surface area (Å²) in [5.41, 5.74) is 9.06. The average molecular weight is 304 g/mol. The lowest BCUT2D eigenvalue weighted by molar-refractivity contribution is -0.0478. The predicted octanol–water partition coefficient (Wildman–Crippen LogP) is 2.08. The molecule has 0 unspecified atom stereocenters. The third kappa shape index (κ3) is 2.46. The molecule has 0 aliphatic heterocycles. The summed E-state index contributed by atoms with van der Waals surface area (Å²) in [4.78, 5) is 9.00. The Balaban J connectivity index is 2.15. The topological polar surface area (TPSA) is 86.2 Å². The molecule has 0 radical (unpaired) electrons. The van der Waals surface area contributed by atoms with Crippen LogP contribution in [0.4, 0.5) is 5.82 Å². The fraction of sp³-hybridized carbons (Fsp3) is 0.625. The second kappa shape index (κ2) is 5.52. The minimum absolute atomic E-state index is 0.416. The molecule has 0 spiro atoms. The van der Waals surface area contributed by atoms with Gasteiger partial charge in [0, 0.05) is 12.3 Å². The van der Waals surface area contributed by atoms with Gasteiger partial charge in [0.05, 0.1) is 17.7 Å². The number of nitrogens with two attached hydrogens (primary N) is 1. The number of nitrogen functional groups attached to an aromatic ring is 1. The average Bonchev–Trinajstić information content (AvgIpc) is 2.80. The highest BCUT2D eigenvalue weighted by molar-refractivity contribution is 5.88. The van der Waals surface area contributed by atoms with Gasteiger partial charge in [-0.3, -0.25) is 0 Å². The van der Waals surface area contributed by atoms with Gasteiger partial charge >= 0.3 is 0 Å². The molecule has 0 amide bonds. The standard InChI is InChI=1S/C16H24N4O2/c1-4-22-8-12-19-13-14(10(2)11(3)18-15(13)17)20(12)9-16(21)6-5-7-16/h21H,4-9H2,1-3H3,(H2,17,18). The summed E-state index contributed by atoms with van der Waals surface area (Å²) >= 11 is 0. The Labute approximate surface area is 130 Å². The Morgan fingerprint density at radius 3 is 2.64 bits per heavy atom. The summed E-state index contributed by atoms with van der Waals surface area (Å²) in [7, 11) is 0. The molecule has 3 rings (SSSR count). The second-order valence-corrected chi connectivity index (χ2v) is 6.23. The number of rotatable bonds is 5. The fourth-order valence-corrected chi connectivity index (χ4v) is 3.06. The number of aromatic nitrogens is 3. The van der Waals surface area contributed by atoms with Gasteiger partial charge in [-0.1, -0.05) is 0 Å². The molecule has 6 nitrogen and oxygen atoms in total. The van der Waals surface area contributed by atoms with E-state index in [1.807, 2.05) is 20.8 Å². The SMILES string of the molecule is CCOCc1nc2c(N)nc(C)c(C)c2n1CC1(O)CCC1. The van der Waals surface area contributed by atoms with Crippen LogP contribution in [0.2, 0.25) is 0 Å². The minimum Gasteiger partial charge on any atom is -0.388 e. The first-order valence-corrected chi connectivity index (χ1v) is 7.87. The molecule has 22 heavy (non-hydrogen) atoms. The Kier molecular flexibility index (Phi) is 3.82. The van der Waals surface area contributed by atoms with Gasteiger partial charge in [0.2, 0.25) is 0 Å². The first-order chi connectivity index (χ1) is 10.4. The molecule has 1 fully saturated rings. The van der Waals surface area contributed by atoms with Crippen LogP contribution in [0.15, 0.2) is 0 Å². The largest absolute Gasteiger partial charge is 0.388 e. The van der Waals surface area contributed by atoms with Gasteiger partial charge in [-0.2, -0.15) is 0 Å². The first-order valence-electron chi connectivity index (χ1n) is 7.87. The van der Waals surface area contributed by atoms with Crippen molar-refractivity contribution in [3.63, 3.8) is 0 Å². The number of fused-ring (bicyclic) bond motifs is 1. The van der Waals surface area contributed by atoms with Gasteiger partial charge in [-0.05, 0) is 45.6 Å². The molecule has 120 valence electrons. The zero-order valence-corrected chi connectivity index (χ0v) is 13.5. The van der Waals surface area contributed by atoms with E-state index in [1.165, 1.54) is 0 Å². The monoisotopic (exact) mass is 304 g/mol. The predicted molar refractivity (Wildman–Crippen MR) is 85.5 cm³/mol. The summed E-state index contributed by atoms with van der Waals surface area (Å²) in [5, 5.41) is 10.6. The van der Waals surface area contributed by atoms with Gasteiger partial charge in [-0.15, -0.1) is 0 Å².